The fourth-order valence-corrected chi connectivity index (χ4v) is 1.84. The molecule has 104 valence electrons. The SMILES string of the molecule is COc1cc(Nc2ncc(N)cc2C(N)=O)ccc1Cl. The van der Waals surface area contributed by atoms with Crippen LogP contribution in [0.3, 0.4) is 0 Å². The number of carbonyl (C=O) groups excluding carboxylic acids is 1. The lowest BCUT2D eigenvalue weighted by atomic mass is 10.2. The zero-order valence-corrected chi connectivity index (χ0v) is 11.4. The maximum Gasteiger partial charge on any atom is 0.252 e. The van der Waals surface area contributed by atoms with E-state index >= 15 is 0 Å². The average molecular weight is 293 g/mol. The van der Waals surface area contributed by atoms with Crippen molar-refractivity contribution >= 4 is 34.7 Å². The van der Waals surface area contributed by atoms with Gasteiger partial charge in [0, 0.05) is 11.8 Å². The van der Waals surface area contributed by atoms with Gasteiger partial charge in [0.15, 0.2) is 0 Å². The first-order valence-corrected chi connectivity index (χ1v) is 6.05. The van der Waals surface area contributed by atoms with Crippen molar-refractivity contribution in [3.05, 3.63) is 41.0 Å². The summed E-state index contributed by atoms with van der Waals surface area (Å²) in [6, 6.07) is 6.55. The van der Waals surface area contributed by atoms with Crippen LogP contribution in [0.5, 0.6) is 5.75 Å². The topological polar surface area (TPSA) is 103 Å². The van der Waals surface area contributed by atoms with Gasteiger partial charge in [-0.25, -0.2) is 4.98 Å². The Morgan fingerprint density at radius 1 is 1.40 bits per heavy atom. The number of methoxy groups -OCH3 is 1. The highest BCUT2D eigenvalue weighted by Crippen LogP contribution is 2.29. The van der Waals surface area contributed by atoms with Crippen LogP contribution in [0, 0.1) is 0 Å². The van der Waals surface area contributed by atoms with E-state index in [1.54, 1.807) is 18.2 Å². The number of hydrogen-bond donors (Lipinski definition) is 3. The molecule has 7 heteroatoms. The fourth-order valence-electron chi connectivity index (χ4n) is 1.64. The molecule has 20 heavy (non-hydrogen) atoms. The van der Waals surface area contributed by atoms with E-state index in [1.807, 2.05) is 0 Å². The number of aromatic nitrogens is 1. The Morgan fingerprint density at radius 3 is 2.80 bits per heavy atom. The van der Waals surface area contributed by atoms with E-state index < -0.39 is 5.91 Å². The third-order valence-electron chi connectivity index (χ3n) is 2.59. The van der Waals surface area contributed by atoms with Crippen LogP contribution in [0.1, 0.15) is 10.4 Å². The molecule has 2 rings (SSSR count). The van der Waals surface area contributed by atoms with Crippen molar-refractivity contribution in [2.75, 3.05) is 18.2 Å². The maximum atomic E-state index is 11.4. The number of carbonyl (C=O) groups is 1. The average Bonchev–Trinajstić information content (AvgIpc) is 2.42. The summed E-state index contributed by atoms with van der Waals surface area (Å²) in [5.41, 5.74) is 12.1. The van der Waals surface area contributed by atoms with Gasteiger partial charge in [-0.1, -0.05) is 11.6 Å². The first kappa shape index (κ1) is 14.0. The van der Waals surface area contributed by atoms with E-state index in [4.69, 9.17) is 27.8 Å². The van der Waals surface area contributed by atoms with E-state index in [9.17, 15) is 4.79 Å². The second-order valence-corrected chi connectivity index (χ2v) is 4.41. The minimum Gasteiger partial charge on any atom is -0.495 e. The number of nitrogen functional groups attached to an aromatic ring is 1. The zero-order chi connectivity index (χ0) is 14.7. The number of amides is 1. The lowest BCUT2D eigenvalue weighted by molar-refractivity contribution is 0.100. The van der Waals surface area contributed by atoms with Gasteiger partial charge < -0.3 is 21.5 Å². The summed E-state index contributed by atoms with van der Waals surface area (Å²) in [5.74, 6) is 0.206. The van der Waals surface area contributed by atoms with Crippen LogP contribution < -0.4 is 21.5 Å². The number of primary amides is 1. The molecule has 0 radical (unpaired) electrons. The van der Waals surface area contributed by atoms with Gasteiger partial charge in [-0.3, -0.25) is 4.79 Å². The molecule has 1 amide bonds. The molecule has 0 unspecified atom stereocenters. The summed E-state index contributed by atoms with van der Waals surface area (Å²) in [5, 5.41) is 3.46. The molecular weight excluding hydrogens is 280 g/mol. The summed E-state index contributed by atoms with van der Waals surface area (Å²) in [6.45, 7) is 0. The maximum absolute atomic E-state index is 11.4. The second-order valence-electron chi connectivity index (χ2n) is 4.00. The summed E-state index contributed by atoms with van der Waals surface area (Å²) in [7, 11) is 1.52. The van der Waals surface area contributed by atoms with E-state index in [-0.39, 0.29) is 5.56 Å². The highest BCUT2D eigenvalue weighted by atomic mass is 35.5. The van der Waals surface area contributed by atoms with Gasteiger partial charge in [-0.2, -0.15) is 0 Å². The number of nitrogens with zero attached hydrogens (tertiary/aromatic N) is 1. The highest BCUT2D eigenvalue weighted by Gasteiger charge is 2.11. The lowest BCUT2D eigenvalue weighted by Crippen LogP contribution is -2.14. The van der Waals surface area contributed by atoms with Crippen LogP contribution >= 0.6 is 11.6 Å². The number of rotatable bonds is 4. The molecule has 0 aliphatic carbocycles. The Balaban J connectivity index is 2.37. The number of ether oxygens (including phenoxy) is 1. The monoisotopic (exact) mass is 292 g/mol. The predicted octanol–water partition coefficient (Wildman–Crippen LogP) is 2.17. The van der Waals surface area contributed by atoms with Gasteiger partial charge in [-0.05, 0) is 18.2 Å². The molecule has 1 heterocycles. The van der Waals surface area contributed by atoms with Crippen LogP contribution in [0.15, 0.2) is 30.5 Å². The standard InChI is InChI=1S/C13H13ClN4O2/c1-20-11-5-8(2-3-10(11)14)18-13-9(12(16)19)4-7(15)6-17-13/h2-6H,15H2,1H3,(H2,16,19)(H,17,18). The third kappa shape index (κ3) is 2.92. The molecule has 5 N–H and O–H groups in total. The van der Waals surface area contributed by atoms with Gasteiger partial charge in [0.25, 0.3) is 5.91 Å². The number of halogens is 1. The van der Waals surface area contributed by atoms with E-state index in [0.717, 1.165) is 0 Å². The summed E-state index contributed by atoms with van der Waals surface area (Å²) in [4.78, 5) is 15.4. The molecule has 0 fully saturated rings. The first-order valence-electron chi connectivity index (χ1n) is 5.67. The fraction of sp³-hybridized carbons (Fsp3) is 0.0769. The zero-order valence-electron chi connectivity index (χ0n) is 10.7. The van der Waals surface area contributed by atoms with Crippen molar-refractivity contribution in [2.45, 2.75) is 0 Å². The Labute approximate surface area is 120 Å². The molecule has 0 spiro atoms. The minimum absolute atomic E-state index is 0.207. The van der Waals surface area contributed by atoms with Crippen LogP contribution in [-0.4, -0.2) is 18.0 Å². The van der Waals surface area contributed by atoms with Crippen molar-refractivity contribution in [3.8, 4) is 5.75 Å². The third-order valence-corrected chi connectivity index (χ3v) is 2.90. The molecule has 0 saturated carbocycles. The normalized spacial score (nSPS) is 10.1. The predicted molar refractivity (Wildman–Crippen MR) is 78.5 cm³/mol. The van der Waals surface area contributed by atoms with Gasteiger partial charge >= 0.3 is 0 Å². The second kappa shape index (κ2) is 5.66. The Kier molecular flexibility index (Phi) is 3.95. The lowest BCUT2D eigenvalue weighted by Gasteiger charge is -2.11. The van der Waals surface area contributed by atoms with Gasteiger partial charge in [0.2, 0.25) is 0 Å². The number of hydrogen-bond acceptors (Lipinski definition) is 5. The van der Waals surface area contributed by atoms with Gasteiger partial charge in [0.05, 0.1) is 29.6 Å². The Bertz CT molecular complexity index is 661. The van der Waals surface area contributed by atoms with Crippen molar-refractivity contribution < 1.29 is 9.53 Å². The molecular formula is C13H13ClN4O2. The quantitative estimate of drug-likeness (QED) is 0.801. The largest absolute Gasteiger partial charge is 0.495 e. The van der Waals surface area contributed by atoms with Crippen molar-refractivity contribution in [1.82, 2.24) is 4.98 Å². The van der Waals surface area contributed by atoms with Crippen molar-refractivity contribution in [1.29, 1.82) is 0 Å². The first-order chi connectivity index (χ1) is 9.51. The Morgan fingerprint density at radius 2 is 2.15 bits per heavy atom. The molecule has 1 aromatic carbocycles. The van der Waals surface area contributed by atoms with Crippen LogP contribution in [0.2, 0.25) is 5.02 Å². The van der Waals surface area contributed by atoms with Gasteiger partial charge in [0.1, 0.15) is 11.6 Å². The van der Waals surface area contributed by atoms with E-state index in [0.29, 0.717) is 28.0 Å². The molecule has 1 aromatic heterocycles. The molecule has 0 aliphatic rings. The van der Waals surface area contributed by atoms with E-state index in [2.05, 4.69) is 10.3 Å². The summed E-state index contributed by atoms with van der Waals surface area (Å²) < 4.78 is 5.12. The smallest absolute Gasteiger partial charge is 0.252 e. The van der Waals surface area contributed by atoms with E-state index in [1.165, 1.54) is 19.4 Å². The number of nitrogens with one attached hydrogen (secondary N) is 1. The van der Waals surface area contributed by atoms with Crippen LogP contribution in [-0.2, 0) is 0 Å². The Hall–Kier alpha value is -2.47. The molecule has 6 nitrogen and oxygen atoms in total. The molecule has 0 saturated heterocycles. The minimum atomic E-state index is -0.617. The number of nitrogens with two attached hydrogens (primary N) is 2. The highest BCUT2D eigenvalue weighted by molar-refractivity contribution is 6.32. The van der Waals surface area contributed by atoms with Gasteiger partial charge in [-0.15, -0.1) is 0 Å². The van der Waals surface area contributed by atoms with Crippen molar-refractivity contribution in [3.63, 3.8) is 0 Å². The molecule has 0 aliphatic heterocycles. The van der Waals surface area contributed by atoms with Crippen molar-refractivity contribution in [2.24, 2.45) is 5.73 Å². The van der Waals surface area contributed by atoms with Crippen LogP contribution in [0.4, 0.5) is 17.2 Å². The van der Waals surface area contributed by atoms with Crippen LogP contribution in [0.25, 0.3) is 0 Å². The number of anilines is 3. The molecule has 0 atom stereocenters. The number of benzene rings is 1. The molecule has 2 aromatic rings. The number of pyridine rings is 1. The summed E-state index contributed by atoms with van der Waals surface area (Å²) >= 11 is 5.94. The molecule has 0 bridgehead atoms. The summed E-state index contributed by atoms with van der Waals surface area (Å²) in [6.07, 6.45) is 1.43.